The summed E-state index contributed by atoms with van der Waals surface area (Å²) in [4.78, 5) is 23.0. The van der Waals surface area contributed by atoms with Crippen LogP contribution in [0.2, 0.25) is 0 Å². The molecule has 4 aliphatic carbocycles. The Morgan fingerprint density at radius 1 is 0.607 bits per heavy atom. The summed E-state index contributed by atoms with van der Waals surface area (Å²) in [5.74, 6) is -1.83. The summed E-state index contributed by atoms with van der Waals surface area (Å²) in [6, 6.07) is 23.1. The SMILES string of the molecule is O=C(O)Cc1cc2cccccc-2c1-c1c(CC(=O)O)cc2cccccc1-2. The van der Waals surface area contributed by atoms with Gasteiger partial charge in [-0.05, 0) is 56.6 Å². The Hall–Kier alpha value is -3.66. The van der Waals surface area contributed by atoms with Gasteiger partial charge in [0.25, 0.3) is 0 Å². The average molecular weight is 370 g/mol. The Balaban J connectivity index is 2.07. The Labute approximate surface area is 162 Å². The molecule has 0 aromatic rings. The summed E-state index contributed by atoms with van der Waals surface area (Å²) >= 11 is 0. The average Bonchev–Trinajstić information content (AvgIpc) is 2.90. The second-order valence-electron chi connectivity index (χ2n) is 6.79. The normalized spacial score (nSPS) is 11.0. The molecule has 0 unspecified atom stereocenters. The highest BCUT2D eigenvalue weighted by molar-refractivity contribution is 6.01. The molecule has 4 rings (SSSR count). The van der Waals surface area contributed by atoms with E-state index in [1.54, 1.807) is 0 Å². The first-order chi connectivity index (χ1) is 13.5. The minimum Gasteiger partial charge on any atom is -0.481 e. The van der Waals surface area contributed by atoms with Gasteiger partial charge in [-0.15, -0.1) is 0 Å². The van der Waals surface area contributed by atoms with Crippen molar-refractivity contribution in [3.8, 4) is 33.4 Å². The van der Waals surface area contributed by atoms with Crippen LogP contribution < -0.4 is 0 Å². The molecule has 0 aliphatic heterocycles. The number of carboxylic acids is 2. The zero-order valence-electron chi connectivity index (χ0n) is 15.1. The molecule has 0 heterocycles. The second-order valence-corrected chi connectivity index (χ2v) is 6.79. The fourth-order valence-electron chi connectivity index (χ4n) is 3.89. The van der Waals surface area contributed by atoms with E-state index < -0.39 is 11.9 Å². The van der Waals surface area contributed by atoms with Crippen LogP contribution in [0.5, 0.6) is 0 Å². The number of hydrogen-bond acceptors (Lipinski definition) is 2. The van der Waals surface area contributed by atoms with Crippen LogP contribution in [-0.4, -0.2) is 22.2 Å². The summed E-state index contributed by atoms with van der Waals surface area (Å²) < 4.78 is 0. The van der Waals surface area contributed by atoms with Crippen molar-refractivity contribution in [2.24, 2.45) is 0 Å². The smallest absolute Gasteiger partial charge is 0.307 e. The number of carbonyl (C=O) groups is 2. The summed E-state index contributed by atoms with van der Waals surface area (Å²) in [6.45, 7) is 0. The lowest BCUT2D eigenvalue weighted by molar-refractivity contribution is -0.137. The van der Waals surface area contributed by atoms with E-state index in [2.05, 4.69) is 0 Å². The Morgan fingerprint density at radius 3 is 1.39 bits per heavy atom. The summed E-state index contributed by atoms with van der Waals surface area (Å²) in [5.41, 5.74) is 6.73. The van der Waals surface area contributed by atoms with Crippen LogP contribution in [0, 0.1) is 0 Å². The molecule has 0 atom stereocenters. The van der Waals surface area contributed by atoms with Gasteiger partial charge in [0.2, 0.25) is 0 Å². The highest BCUT2D eigenvalue weighted by atomic mass is 16.4. The lowest BCUT2D eigenvalue weighted by Crippen LogP contribution is -2.02. The van der Waals surface area contributed by atoms with Gasteiger partial charge in [-0.1, -0.05) is 60.7 Å². The molecule has 0 radical (unpaired) electrons. The lowest BCUT2D eigenvalue weighted by Gasteiger charge is -2.10. The number of aliphatic carboxylic acids is 2. The van der Waals surface area contributed by atoms with E-state index in [9.17, 15) is 19.8 Å². The van der Waals surface area contributed by atoms with Gasteiger partial charge in [-0.25, -0.2) is 0 Å². The van der Waals surface area contributed by atoms with Gasteiger partial charge < -0.3 is 10.2 Å². The van der Waals surface area contributed by atoms with E-state index in [0.29, 0.717) is 11.1 Å². The quantitative estimate of drug-likeness (QED) is 0.528. The largest absolute Gasteiger partial charge is 0.481 e. The number of hydrogen-bond donors (Lipinski definition) is 2. The summed E-state index contributed by atoms with van der Waals surface area (Å²) in [7, 11) is 0. The van der Waals surface area contributed by atoms with Crippen LogP contribution in [0.1, 0.15) is 11.1 Å². The van der Waals surface area contributed by atoms with Crippen molar-refractivity contribution in [3.05, 3.63) is 83.9 Å². The molecule has 0 saturated carbocycles. The third kappa shape index (κ3) is 3.21. The van der Waals surface area contributed by atoms with Crippen LogP contribution in [0.4, 0.5) is 0 Å². The number of carboxylic acid groups (broad SMARTS) is 2. The Bertz CT molecular complexity index is 1040. The first-order valence-electron chi connectivity index (χ1n) is 9.00. The zero-order chi connectivity index (χ0) is 19.7. The van der Waals surface area contributed by atoms with Crippen LogP contribution >= 0.6 is 0 Å². The topological polar surface area (TPSA) is 74.6 Å². The lowest BCUT2D eigenvalue weighted by atomic mass is 9.93. The van der Waals surface area contributed by atoms with E-state index in [1.807, 2.05) is 72.8 Å². The summed E-state index contributed by atoms with van der Waals surface area (Å²) in [6.07, 6.45) is -0.238. The highest BCUT2D eigenvalue weighted by Crippen LogP contribution is 2.47. The molecule has 0 aromatic carbocycles. The highest BCUT2D eigenvalue weighted by Gasteiger charge is 2.25. The van der Waals surface area contributed by atoms with E-state index in [4.69, 9.17) is 0 Å². The molecule has 0 bridgehead atoms. The van der Waals surface area contributed by atoms with Crippen molar-refractivity contribution >= 4 is 11.9 Å². The molecule has 4 heteroatoms. The van der Waals surface area contributed by atoms with Gasteiger partial charge in [0.1, 0.15) is 0 Å². The van der Waals surface area contributed by atoms with Crippen molar-refractivity contribution in [1.82, 2.24) is 0 Å². The van der Waals surface area contributed by atoms with Gasteiger partial charge in [0.05, 0.1) is 12.8 Å². The van der Waals surface area contributed by atoms with Crippen LogP contribution in [0.15, 0.2) is 72.8 Å². The minimum absolute atomic E-state index is 0.119. The van der Waals surface area contributed by atoms with E-state index in [-0.39, 0.29) is 12.8 Å². The van der Waals surface area contributed by atoms with Gasteiger partial charge in [-0.2, -0.15) is 0 Å². The van der Waals surface area contributed by atoms with E-state index in [1.165, 1.54) is 0 Å². The molecule has 0 aromatic heterocycles. The molecule has 28 heavy (non-hydrogen) atoms. The molecule has 0 amide bonds. The fourth-order valence-corrected chi connectivity index (χ4v) is 3.89. The minimum atomic E-state index is -0.915. The molecular weight excluding hydrogens is 352 g/mol. The maximum absolute atomic E-state index is 11.5. The molecule has 4 aliphatic rings. The molecule has 2 N–H and O–H groups in total. The molecule has 4 nitrogen and oxygen atoms in total. The predicted octanol–water partition coefficient (Wildman–Crippen LogP) is 4.82. The van der Waals surface area contributed by atoms with E-state index in [0.717, 1.165) is 33.4 Å². The first kappa shape index (κ1) is 17.7. The Kier molecular flexibility index (Phi) is 4.53. The molecule has 0 saturated heterocycles. The monoisotopic (exact) mass is 370 g/mol. The van der Waals surface area contributed by atoms with Gasteiger partial charge in [-0.3, -0.25) is 9.59 Å². The van der Waals surface area contributed by atoms with Gasteiger partial charge in [0.15, 0.2) is 0 Å². The fraction of sp³-hybridized carbons (Fsp3) is 0.0833. The Morgan fingerprint density at radius 2 is 1.00 bits per heavy atom. The maximum Gasteiger partial charge on any atom is 0.307 e. The second kappa shape index (κ2) is 7.16. The van der Waals surface area contributed by atoms with Crippen molar-refractivity contribution in [3.63, 3.8) is 0 Å². The van der Waals surface area contributed by atoms with Crippen LogP contribution in [0.25, 0.3) is 33.4 Å². The molecule has 138 valence electrons. The number of fused-ring (bicyclic) bond motifs is 2. The third-order valence-corrected chi connectivity index (χ3v) is 4.92. The van der Waals surface area contributed by atoms with Crippen LogP contribution in [0.3, 0.4) is 0 Å². The van der Waals surface area contributed by atoms with Crippen molar-refractivity contribution in [1.29, 1.82) is 0 Å². The zero-order valence-corrected chi connectivity index (χ0v) is 15.1. The van der Waals surface area contributed by atoms with Crippen molar-refractivity contribution in [2.75, 3.05) is 0 Å². The van der Waals surface area contributed by atoms with Crippen LogP contribution in [-0.2, 0) is 22.4 Å². The van der Waals surface area contributed by atoms with E-state index >= 15 is 0 Å². The van der Waals surface area contributed by atoms with Gasteiger partial charge in [0, 0.05) is 0 Å². The molecule has 0 spiro atoms. The number of rotatable bonds is 5. The molecule has 0 fully saturated rings. The third-order valence-electron chi connectivity index (χ3n) is 4.92. The van der Waals surface area contributed by atoms with Crippen molar-refractivity contribution in [2.45, 2.75) is 12.8 Å². The van der Waals surface area contributed by atoms with Gasteiger partial charge >= 0.3 is 11.9 Å². The first-order valence-corrected chi connectivity index (χ1v) is 9.00. The summed E-state index contributed by atoms with van der Waals surface area (Å²) in [5, 5.41) is 18.9. The standard InChI is InChI=1S/C24H18O4/c25-21(26)13-17-11-15-7-3-1-5-9-19(15)23(17)24-18(14-22(27)28)12-16-8-4-2-6-10-20(16)24/h1-12H,13-14H2,(H,25,26)(H,27,28). The maximum atomic E-state index is 11.5. The predicted molar refractivity (Wildman–Crippen MR) is 108 cm³/mol. The molecular formula is C24H18O4. The van der Waals surface area contributed by atoms with Crippen molar-refractivity contribution < 1.29 is 19.8 Å².